The smallest absolute Gasteiger partial charge is 0.190 e. The van der Waals surface area contributed by atoms with E-state index in [2.05, 4.69) is 31.5 Å². The largest absolute Gasteiger partial charge is 0.398 e. The Bertz CT molecular complexity index is 795. The molecule has 0 amide bonds. The molecule has 0 aliphatic rings. The molecule has 0 aliphatic heterocycles. The number of nitrogen functional groups attached to an aromatic ring is 1. The van der Waals surface area contributed by atoms with E-state index in [9.17, 15) is 0 Å². The molecule has 1 aromatic heterocycles. The third-order valence-electron chi connectivity index (χ3n) is 3.14. The molecule has 0 spiro atoms. The van der Waals surface area contributed by atoms with E-state index in [1.54, 1.807) is 22.9 Å². The monoisotopic (exact) mass is 363 g/mol. The molecule has 7 heteroatoms. The first kappa shape index (κ1) is 14.0. The van der Waals surface area contributed by atoms with Gasteiger partial charge in [0.1, 0.15) is 0 Å². The number of anilines is 1. The van der Waals surface area contributed by atoms with E-state index in [0.29, 0.717) is 22.1 Å². The van der Waals surface area contributed by atoms with Gasteiger partial charge in [-0.05, 0) is 47.2 Å². The number of benzene rings is 2. The van der Waals surface area contributed by atoms with Crippen LogP contribution in [0.4, 0.5) is 5.69 Å². The van der Waals surface area contributed by atoms with Crippen molar-refractivity contribution in [1.29, 1.82) is 0 Å². The highest BCUT2D eigenvalue weighted by Gasteiger charge is 2.17. The van der Waals surface area contributed by atoms with Crippen LogP contribution in [0.3, 0.4) is 0 Å². The van der Waals surface area contributed by atoms with Crippen LogP contribution in [0.5, 0.6) is 0 Å². The van der Waals surface area contributed by atoms with Crippen LogP contribution in [0, 0.1) is 6.92 Å². The number of aryl methyl sites for hydroxylation is 1. The van der Waals surface area contributed by atoms with E-state index < -0.39 is 0 Å². The summed E-state index contributed by atoms with van der Waals surface area (Å²) >= 11 is 9.71. The molecule has 2 N–H and O–H groups in total. The highest BCUT2D eigenvalue weighted by Crippen LogP contribution is 2.33. The van der Waals surface area contributed by atoms with Crippen LogP contribution < -0.4 is 5.73 Å². The van der Waals surface area contributed by atoms with Crippen LogP contribution in [0.2, 0.25) is 5.02 Å². The molecule has 3 aromatic rings. The van der Waals surface area contributed by atoms with Crippen molar-refractivity contribution in [3.8, 4) is 17.1 Å². The Morgan fingerprint density at radius 3 is 2.81 bits per heavy atom. The number of hydrogen-bond acceptors (Lipinski definition) is 4. The minimum atomic E-state index is 0.513. The molecule has 0 atom stereocenters. The molecule has 0 bridgehead atoms. The standard InChI is InChI=1S/C14H11BrClN5/c1-8-5-6-9(15)7-12(8)21-14(18-19-20-21)13-10(16)3-2-4-11(13)17/h2-7H,17H2,1H3. The van der Waals surface area contributed by atoms with Gasteiger partial charge in [0.15, 0.2) is 5.82 Å². The van der Waals surface area contributed by atoms with Crippen molar-refractivity contribution >= 4 is 33.2 Å². The van der Waals surface area contributed by atoms with E-state index in [0.717, 1.165) is 15.7 Å². The lowest BCUT2D eigenvalue weighted by atomic mass is 10.1. The second-order valence-electron chi connectivity index (χ2n) is 4.55. The molecule has 106 valence electrons. The van der Waals surface area contributed by atoms with Crippen molar-refractivity contribution in [3.63, 3.8) is 0 Å². The number of hydrogen-bond donors (Lipinski definition) is 1. The second kappa shape index (κ2) is 5.46. The number of nitrogens with zero attached hydrogens (tertiary/aromatic N) is 4. The lowest BCUT2D eigenvalue weighted by Crippen LogP contribution is -2.04. The van der Waals surface area contributed by atoms with E-state index in [4.69, 9.17) is 17.3 Å². The molecular formula is C14H11BrClN5. The molecule has 1 heterocycles. The van der Waals surface area contributed by atoms with Gasteiger partial charge in [-0.2, -0.15) is 4.68 Å². The first-order valence-electron chi connectivity index (χ1n) is 6.17. The maximum absolute atomic E-state index is 6.25. The summed E-state index contributed by atoms with van der Waals surface area (Å²) in [6, 6.07) is 11.2. The fourth-order valence-electron chi connectivity index (χ4n) is 2.09. The molecule has 5 nitrogen and oxygen atoms in total. The Labute approximate surface area is 134 Å². The molecule has 0 aliphatic carbocycles. The molecule has 0 saturated carbocycles. The highest BCUT2D eigenvalue weighted by atomic mass is 79.9. The Kier molecular flexibility index (Phi) is 3.65. The van der Waals surface area contributed by atoms with Crippen LogP contribution in [0.15, 0.2) is 40.9 Å². The van der Waals surface area contributed by atoms with Gasteiger partial charge in [0, 0.05) is 10.2 Å². The number of tetrazole rings is 1. The van der Waals surface area contributed by atoms with E-state index in [-0.39, 0.29) is 0 Å². The predicted octanol–water partition coefficient (Wildman–Crippen LogP) is 3.64. The Morgan fingerprint density at radius 1 is 1.24 bits per heavy atom. The zero-order valence-electron chi connectivity index (χ0n) is 11.1. The van der Waals surface area contributed by atoms with Crippen LogP contribution in [-0.2, 0) is 0 Å². The van der Waals surface area contributed by atoms with E-state index >= 15 is 0 Å². The summed E-state index contributed by atoms with van der Waals surface area (Å²) in [6.07, 6.45) is 0. The average Bonchev–Trinajstić information content (AvgIpc) is 2.90. The third kappa shape index (κ3) is 2.52. The average molecular weight is 365 g/mol. The Balaban J connectivity index is 2.25. The summed E-state index contributed by atoms with van der Waals surface area (Å²) < 4.78 is 2.58. The summed E-state index contributed by atoms with van der Waals surface area (Å²) in [6.45, 7) is 1.99. The van der Waals surface area contributed by atoms with Gasteiger partial charge in [-0.25, -0.2) is 0 Å². The van der Waals surface area contributed by atoms with Gasteiger partial charge >= 0.3 is 0 Å². The van der Waals surface area contributed by atoms with Crippen molar-refractivity contribution in [3.05, 3.63) is 51.5 Å². The van der Waals surface area contributed by atoms with Gasteiger partial charge in [0.25, 0.3) is 0 Å². The fraction of sp³-hybridized carbons (Fsp3) is 0.0714. The number of rotatable bonds is 2. The van der Waals surface area contributed by atoms with Gasteiger partial charge in [0.05, 0.1) is 16.3 Å². The topological polar surface area (TPSA) is 69.6 Å². The zero-order chi connectivity index (χ0) is 15.0. The lowest BCUT2D eigenvalue weighted by molar-refractivity contribution is 0.787. The fourth-order valence-corrected chi connectivity index (χ4v) is 2.71. The Morgan fingerprint density at radius 2 is 2.05 bits per heavy atom. The van der Waals surface area contributed by atoms with Crippen molar-refractivity contribution < 1.29 is 0 Å². The molecule has 3 rings (SSSR count). The molecular weight excluding hydrogens is 354 g/mol. The summed E-state index contributed by atoms with van der Waals surface area (Å²) in [5, 5.41) is 12.4. The lowest BCUT2D eigenvalue weighted by Gasteiger charge is -2.10. The van der Waals surface area contributed by atoms with Crippen molar-refractivity contribution in [2.24, 2.45) is 0 Å². The predicted molar refractivity (Wildman–Crippen MR) is 86.4 cm³/mol. The first-order valence-corrected chi connectivity index (χ1v) is 7.34. The summed E-state index contributed by atoms with van der Waals surface area (Å²) in [5.41, 5.74) is 9.09. The molecule has 21 heavy (non-hydrogen) atoms. The summed E-state index contributed by atoms with van der Waals surface area (Å²) in [4.78, 5) is 0. The number of nitrogens with two attached hydrogens (primary N) is 1. The van der Waals surface area contributed by atoms with Gasteiger partial charge < -0.3 is 5.73 Å². The van der Waals surface area contributed by atoms with Crippen molar-refractivity contribution in [1.82, 2.24) is 20.2 Å². The minimum absolute atomic E-state index is 0.513. The number of halogens is 2. The van der Waals surface area contributed by atoms with E-state index in [1.165, 1.54) is 0 Å². The van der Waals surface area contributed by atoms with Crippen LogP contribution in [-0.4, -0.2) is 20.2 Å². The van der Waals surface area contributed by atoms with Gasteiger partial charge in [0.2, 0.25) is 0 Å². The van der Waals surface area contributed by atoms with Crippen LogP contribution in [0.1, 0.15) is 5.56 Å². The zero-order valence-corrected chi connectivity index (χ0v) is 13.4. The van der Waals surface area contributed by atoms with Crippen LogP contribution >= 0.6 is 27.5 Å². The van der Waals surface area contributed by atoms with Crippen molar-refractivity contribution in [2.45, 2.75) is 6.92 Å². The summed E-state index contributed by atoms with van der Waals surface area (Å²) in [5.74, 6) is 0.513. The van der Waals surface area contributed by atoms with Crippen molar-refractivity contribution in [2.75, 3.05) is 5.73 Å². The van der Waals surface area contributed by atoms with Crippen LogP contribution in [0.25, 0.3) is 17.1 Å². The van der Waals surface area contributed by atoms with Gasteiger partial charge in [-0.15, -0.1) is 5.10 Å². The normalized spacial score (nSPS) is 10.8. The maximum Gasteiger partial charge on any atom is 0.190 e. The maximum atomic E-state index is 6.25. The SMILES string of the molecule is Cc1ccc(Br)cc1-n1nnnc1-c1c(N)cccc1Cl. The van der Waals surface area contributed by atoms with Gasteiger partial charge in [-0.1, -0.05) is 39.7 Å². The molecule has 0 saturated heterocycles. The molecule has 2 aromatic carbocycles. The third-order valence-corrected chi connectivity index (χ3v) is 3.95. The van der Waals surface area contributed by atoms with E-state index in [1.807, 2.05) is 25.1 Å². The molecule has 0 unspecified atom stereocenters. The molecule has 0 radical (unpaired) electrons. The first-order chi connectivity index (χ1) is 10.1. The minimum Gasteiger partial charge on any atom is -0.398 e. The highest BCUT2D eigenvalue weighted by molar-refractivity contribution is 9.10. The Hall–Kier alpha value is -1.92. The quantitative estimate of drug-likeness (QED) is 0.705. The second-order valence-corrected chi connectivity index (χ2v) is 5.87. The summed E-state index contributed by atoms with van der Waals surface area (Å²) in [7, 11) is 0. The van der Waals surface area contributed by atoms with Gasteiger partial charge in [-0.3, -0.25) is 0 Å². The molecule has 0 fully saturated rings. The number of aromatic nitrogens is 4.